The van der Waals surface area contributed by atoms with Crippen molar-refractivity contribution in [3.63, 3.8) is 0 Å². The lowest BCUT2D eigenvalue weighted by Crippen LogP contribution is -2.43. The fourth-order valence-electron chi connectivity index (χ4n) is 2.79. The summed E-state index contributed by atoms with van der Waals surface area (Å²) in [5.41, 5.74) is 7.39. The Morgan fingerprint density at radius 1 is 1.22 bits per heavy atom. The maximum atomic E-state index is 12.6. The Morgan fingerprint density at radius 2 is 1.91 bits per heavy atom. The maximum absolute atomic E-state index is 12.6. The number of rotatable bonds is 2. The van der Waals surface area contributed by atoms with Crippen LogP contribution in [-0.4, -0.2) is 53.1 Å². The maximum Gasteiger partial charge on any atom is 0.471 e. The number of nitrogens with two attached hydrogens (primary N) is 1. The third-order valence-electron chi connectivity index (χ3n) is 3.89. The molecule has 1 saturated heterocycles. The number of aromatic nitrogens is 2. The van der Waals surface area contributed by atoms with Crippen LogP contribution in [0, 0.1) is 6.92 Å². The molecule has 0 aromatic carbocycles. The first-order valence-electron chi connectivity index (χ1n) is 7.48. The summed E-state index contributed by atoms with van der Waals surface area (Å²) in [5.74, 6) is -0.991. The molecule has 0 bridgehead atoms. The smallest absolute Gasteiger partial charge is 0.368 e. The SMILES string of the molecule is CCc1c(C)nc(N)nc1N1CCCN(C(=O)C(F)(F)F)CC1. The van der Waals surface area contributed by atoms with Gasteiger partial charge in [0.25, 0.3) is 0 Å². The number of nitrogens with zero attached hydrogens (tertiary/aromatic N) is 4. The molecule has 23 heavy (non-hydrogen) atoms. The molecule has 2 heterocycles. The van der Waals surface area contributed by atoms with Crippen molar-refractivity contribution in [3.05, 3.63) is 11.3 Å². The highest BCUT2D eigenvalue weighted by Crippen LogP contribution is 2.25. The van der Waals surface area contributed by atoms with Crippen LogP contribution in [0.25, 0.3) is 0 Å². The Kier molecular flexibility index (Phi) is 4.96. The van der Waals surface area contributed by atoms with E-state index in [4.69, 9.17) is 5.73 Å². The summed E-state index contributed by atoms with van der Waals surface area (Å²) in [6, 6.07) is 0. The van der Waals surface area contributed by atoms with E-state index >= 15 is 0 Å². The molecule has 1 aliphatic rings. The van der Waals surface area contributed by atoms with Gasteiger partial charge in [-0.2, -0.15) is 18.2 Å². The van der Waals surface area contributed by atoms with Gasteiger partial charge in [0, 0.05) is 37.4 Å². The molecule has 0 saturated carbocycles. The van der Waals surface area contributed by atoms with Gasteiger partial charge in [0.1, 0.15) is 5.82 Å². The summed E-state index contributed by atoms with van der Waals surface area (Å²) in [7, 11) is 0. The molecule has 1 amide bonds. The van der Waals surface area contributed by atoms with E-state index in [9.17, 15) is 18.0 Å². The predicted octanol–water partition coefficient (Wildman–Crippen LogP) is 1.53. The highest BCUT2D eigenvalue weighted by molar-refractivity contribution is 5.82. The molecule has 0 atom stereocenters. The van der Waals surface area contributed by atoms with Gasteiger partial charge in [-0.1, -0.05) is 6.92 Å². The number of amides is 1. The quantitative estimate of drug-likeness (QED) is 0.889. The molecule has 0 radical (unpaired) electrons. The molecule has 128 valence electrons. The van der Waals surface area contributed by atoms with Crippen molar-refractivity contribution >= 4 is 17.7 Å². The molecule has 1 aliphatic heterocycles. The standard InChI is InChI=1S/C14H20F3N5O/c1-3-10-9(2)19-13(18)20-11(10)21-5-4-6-22(8-7-21)12(23)14(15,16)17/h3-8H2,1-2H3,(H2,18,19,20). The lowest BCUT2D eigenvalue weighted by molar-refractivity contribution is -0.185. The number of carbonyl (C=O) groups excluding carboxylic acids is 1. The molecule has 6 nitrogen and oxygen atoms in total. The topological polar surface area (TPSA) is 75.3 Å². The molecule has 0 unspecified atom stereocenters. The monoisotopic (exact) mass is 331 g/mol. The number of alkyl halides is 3. The first kappa shape index (κ1) is 17.3. The van der Waals surface area contributed by atoms with Gasteiger partial charge in [-0.15, -0.1) is 0 Å². The lowest BCUT2D eigenvalue weighted by Gasteiger charge is -2.25. The van der Waals surface area contributed by atoms with E-state index in [-0.39, 0.29) is 25.6 Å². The molecule has 1 aromatic rings. The van der Waals surface area contributed by atoms with E-state index < -0.39 is 12.1 Å². The molecule has 0 spiro atoms. The number of carbonyl (C=O) groups is 1. The first-order valence-corrected chi connectivity index (χ1v) is 7.48. The average Bonchev–Trinajstić information content (AvgIpc) is 2.70. The summed E-state index contributed by atoms with van der Waals surface area (Å²) in [4.78, 5) is 22.5. The largest absolute Gasteiger partial charge is 0.471 e. The zero-order valence-corrected chi connectivity index (χ0v) is 13.2. The minimum absolute atomic E-state index is 0.00442. The Hall–Kier alpha value is -2.06. The highest BCUT2D eigenvalue weighted by atomic mass is 19.4. The van der Waals surface area contributed by atoms with Crippen LogP contribution in [-0.2, 0) is 11.2 Å². The molecule has 1 aromatic heterocycles. The molecule has 2 rings (SSSR count). The number of hydrogen-bond donors (Lipinski definition) is 1. The zero-order valence-electron chi connectivity index (χ0n) is 13.2. The van der Waals surface area contributed by atoms with Crippen LogP contribution in [0.4, 0.5) is 24.9 Å². The van der Waals surface area contributed by atoms with Gasteiger partial charge < -0.3 is 15.5 Å². The van der Waals surface area contributed by atoms with E-state index in [1.54, 1.807) is 0 Å². The van der Waals surface area contributed by atoms with Crippen LogP contribution >= 0.6 is 0 Å². The Bertz CT molecular complexity index is 591. The van der Waals surface area contributed by atoms with Crippen molar-refractivity contribution in [1.82, 2.24) is 14.9 Å². The molecule has 1 fully saturated rings. The minimum Gasteiger partial charge on any atom is -0.368 e. The third-order valence-corrected chi connectivity index (χ3v) is 3.89. The second-order valence-corrected chi connectivity index (χ2v) is 5.45. The van der Waals surface area contributed by atoms with Crippen molar-refractivity contribution in [2.75, 3.05) is 36.8 Å². The van der Waals surface area contributed by atoms with Gasteiger partial charge in [0.2, 0.25) is 5.95 Å². The van der Waals surface area contributed by atoms with E-state index in [0.29, 0.717) is 25.2 Å². The number of anilines is 2. The van der Waals surface area contributed by atoms with Gasteiger partial charge in [-0.25, -0.2) is 4.98 Å². The molecule has 9 heteroatoms. The average molecular weight is 331 g/mol. The van der Waals surface area contributed by atoms with E-state index in [1.165, 1.54) is 0 Å². The van der Waals surface area contributed by atoms with Crippen LogP contribution in [0.5, 0.6) is 0 Å². The summed E-state index contributed by atoms with van der Waals surface area (Å²) in [6.45, 7) is 4.68. The first-order chi connectivity index (χ1) is 10.7. The normalized spacial score (nSPS) is 16.4. The summed E-state index contributed by atoms with van der Waals surface area (Å²) in [6.07, 6.45) is -3.70. The summed E-state index contributed by atoms with van der Waals surface area (Å²) >= 11 is 0. The van der Waals surface area contributed by atoms with E-state index in [1.807, 2.05) is 18.7 Å². The van der Waals surface area contributed by atoms with Crippen molar-refractivity contribution in [1.29, 1.82) is 0 Å². The van der Waals surface area contributed by atoms with Crippen LogP contribution in [0.15, 0.2) is 0 Å². The number of aryl methyl sites for hydroxylation is 1. The minimum atomic E-state index is -4.83. The molecule has 0 aliphatic carbocycles. The molecule has 2 N–H and O–H groups in total. The van der Waals surface area contributed by atoms with Crippen LogP contribution < -0.4 is 10.6 Å². The van der Waals surface area contributed by atoms with Gasteiger partial charge in [-0.3, -0.25) is 4.79 Å². The number of nitrogen functional groups attached to an aromatic ring is 1. The fourth-order valence-corrected chi connectivity index (χ4v) is 2.79. The van der Waals surface area contributed by atoms with Crippen molar-refractivity contribution < 1.29 is 18.0 Å². The van der Waals surface area contributed by atoms with Gasteiger partial charge in [0.05, 0.1) is 0 Å². The molecular weight excluding hydrogens is 311 g/mol. The molecular formula is C14H20F3N5O. The zero-order chi connectivity index (χ0) is 17.2. The van der Waals surface area contributed by atoms with E-state index in [0.717, 1.165) is 16.2 Å². The van der Waals surface area contributed by atoms with Crippen LogP contribution in [0.1, 0.15) is 24.6 Å². The lowest BCUT2D eigenvalue weighted by atomic mass is 10.1. The second kappa shape index (κ2) is 6.59. The fraction of sp³-hybridized carbons (Fsp3) is 0.643. The summed E-state index contributed by atoms with van der Waals surface area (Å²) in [5, 5.41) is 0. The Morgan fingerprint density at radius 3 is 2.52 bits per heavy atom. The predicted molar refractivity (Wildman–Crippen MR) is 80.0 cm³/mol. The van der Waals surface area contributed by atoms with Gasteiger partial charge in [0.15, 0.2) is 0 Å². The van der Waals surface area contributed by atoms with Crippen LogP contribution in [0.2, 0.25) is 0 Å². The van der Waals surface area contributed by atoms with Gasteiger partial charge in [-0.05, 0) is 19.8 Å². The van der Waals surface area contributed by atoms with Crippen LogP contribution in [0.3, 0.4) is 0 Å². The van der Waals surface area contributed by atoms with Gasteiger partial charge >= 0.3 is 12.1 Å². The van der Waals surface area contributed by atoms with Crippen molar-refractivity contribution in [2.24, 2.45) is 0 Å². The highest BCUT2D eigenvalue weighted by Gasteiger charge is 2.42. The number of hydrogen-bond acceptors (Lipinski definition) is 5. The van der Waals surface area contributed by atoms with Crippen molar-refractivity contribution in [2.45, 2.75) is 32.9 Å². The third kappa shape index (κ3) is 3.83. The number of halogens is 3. The summed E-state index contributed by atoms with van der Waals surface area (Å²) < 4.78 is 37.7. The Labute approximate surface area is 132 Å². The second-order valence-electron chi connectivity index (χ2n) is 5.45. The van der Waals surface area contributed by atoms with E-state index in [2.05, 4.69) is 9.97 Å². The Balaban J connectivity index is 2.20. The van der Waals surface area contributed by atoms with Crippen molar-refractivity contribution in [3.8, 4) is 0 Å².